The van der Waals surface area contributed by atoms with E-state index in [-0.39, 0.29) is 0 Å². The third-order valence-electron chi connectivity index (χ3n) is 0.732. The zero-order chi connectivity index (χ0) is 8.20. The number of aliphatic hydroxyl groups excluding tert-OH is 1. The van der Waals surface area contributed by atoms with Crippen LogP contribution in [0.15, 0.2) is 0 Å². The maximum Gasteiger partial charge on any atom is 0.324 e. The molecule has 62 valence electrons. The van der Waals surface area contributed by atoms with E-state index in [0.717, 1.165) is 0 Å². The lowest BCUT2D eigenvalue weighted by Gasteiger charge is -2.13. The first-order valence-electron chi connectivity index (χ1n) is 2.41. The van der Waals surface area contributed by atoms with Gasteiger partial charge in [0, 0.05) is 0 Å². The van der Waals surface area contributed by atoms with E-state index in [9.17, 15) is 13.2 Å². The Labute approximate surface area is 61.4 Å². The van der Waals surface area contributed by atoms with E-state index in [0.29, 0.717) is 0 Å². The first-order chi connectivity index (χ1) is 4.48. The van der Waals surface area contributed by atoms with Gasteiger partial charge in [-0.2, -0.15) is 8.78 Å². The Balaban J connectivity index is 3.52. The van der Waals surface area contributed by atoms with Crippen molar-refractivity contribution >= 4 is 12.6 Å². The maximum atomic E-state index is 12.0. The second kappa shape index (κ2) is 4.05. The highest BCUT2D eigenvalue weighted by atomic mass is 32.1. The van der Waals surface area contributed by atoms with Crippen LogP contribution in [0.5, 0.6) is 0 Å². The van der Waals surface area contributed by atoms with Gasteiger partial charge < -0.3 is 9.84 Å². The highest BCUT2D eigenvalue weighted by Crippen LogP contribution is 2.25. The van der Waals surface area contributed by atoms with E-state index < -0.39 is 24.8 Å². The topological polar surface area (TPSA) is 29.5 Å². The van der Waals surface area contributed by atoms with E-state index >= 15 is 0 Å². The van der Waals surface area contributed by atoms with Crippen LogP contribution in [-0.2, 0) is 4.74 Å². The molecule has 1 atom stereocenters. The minimum Gasteiger partial charge on any atom is -0.371 e. The van der Waals surface area contributed by atoms with Crippen LogP contribution in [0.1, 0.15) is 0 Å². The van der Waals surface area contributed by atoms with Crippen molar-refractivity contribution in [2.45, 2.75) is 11.4 Å². The van der Waals surface area contributed by atoms with E-state index in [1.807, 2.05) is 0 Å². The van der Waals surface area contributed by atoms with Crippen molar-refractivity contribution in [1.82, 2.24) is 0 Å². The highest BCUT2D eigenvalue weighted by Gasteiger charge is 2.35. The molecule has 2 nitrogen and oxygen atoms in total. The number of thiol groups is 1. The van der Waals surface area contributed by atoms with Crippen LogP contribution in [0, 0.1) is 0 Å². The minimum atomic E-state index is -3.70. The third kappa shape index (κ3) is 3.97. The first-order valence-corrected chi connectivity index (χ1v) is 2.86. The van der Waals surface area contributed by atoms with Crippen LogP contribution in [0.2, 0.25) is 0 Å². The van der Waals surface area contributed by atoms with Crippen molar-refractivity contribution in [1.29, 1.82) is 0 Å². The molecule has 1 unspecified atom stereocenters. The molecule has 1 N–H and O–H groups in total. The molecule has 0 aliphatic rings. The molecule has 0 radical (unpaired) electrons. The lowest BCUT2D eigenvalue weighted by atomic mass is 10.4. The van der Waals surface area contributed by atoms with E-state index in [1.165, 1.54) is 0 Å². The van der Waals surface area contributed by atoms with Crippen LogP contribution in [0.25, 0.3) is 0 Å². The van der Waals surface area contributed by atoms with Crippen molar-refractivity contribution in [3.63, 3.8) is 0 Å². The first kappa shape index (κ1) is 10.1. The van der Waals surface area contributed by atoms with Gasteiger partial charge in [0.05, 0.1) is 6.61 Å². The zero-order valence-corrected chi connectivity index (χ0v) is 5.82. The molecule has 0 rings (SSSR count). The van der Waals surface area contributed by atoms with Crippen LogP contribution >= 0.6 is 12.6 Å². The predicted octanol–water partition coefficient (Wildman–Crippen LogP) is 0.814. The Morgan fingerprint density at radius 2 is 2.10 bits per heavy atom. The van der Waals surface area contributed by atoms with Gasteiger partial charge in [0.2, 0.25) is 0 Å². The monoisotopic (exact) mass is 176 g/mol. The molecule has 0 aromatic heterocycles. The number of hydrogen-bond donors (Lipinski definition) is 2. The number of ether oxygens (including phenoxy) is 1. The fraction of sp³-hybridized carbons (Fsp3) is 1.00. The summed E-state index contributed by atoms with van der Waals surface area (Å²) < 4.78 is 39.5. The fourth-order valence-electron chi connectivity index (χ4n) is 0.256. The molecule has 0 aromatic rings. The van der Waals surface area contributed by atoms with Gasteiger partial charge in [-0.1, -0.05) is 0 Å². The summed E-state index contributed by atoms with van der Waals surface area (Å²) in [6.07, 6.45) is -2.48. The number of aliphatic hydroxyl groups is 1. The van der Waals surface area contributed by atoms with Gasteiger partial charge in [-0.25, -0.2) is 4.39 Å². The summed E-state index contributed by atoms with van der Waals surface area (Å²) in [5.41, 5.74) is 0. The van der Waals surface area contributed by atoms with E-state index in [2.05, 4.69) is 17.4 Å². The molecule has 0 saturated heterocycles. The Kier molecular flexibility index (Phi) is 4.07. The van der Waals surface area contributed by atoms with E-state index in [4.69, 9.17) is 5.11 Å². The van der Waals surface area contributed by atoms with Gasteiger partial charge in [0.25, 0.3) is 0 Å². The summed E-state index contributed by atoms with van der Waals surface area (Å²) in [7, 11) is 0. The normalized spacial score (nSPS) is 15.3. The smallest absolute Gasteiger partial charge is 0.324 e. The number of rotatable bonds is 4. The van der Waals surface area contributed by atoms with Gasteiger partial charge in [-0.3, -0.25) is 0 Å². The van der Waals surface area contributed by atoms with Gasteiger partial charge in [-0.15, -0.1) is 12.6 Å². The maximum absolute atomic E-state index is 12.0. The molecule has 10 heavy (non-hydrogen) atoms. The van der Waals surface area contributed by atoms with Crippen molar-refractivity contribution in [2.75, 3.05) is 13.4 Å². The van der Waals surface area contributed by atoms with Gasteiger partial charge in [-0.05, 0) is 0 Å². The van der Waals surface area contributed by atoms with Crippen LogP contribution in [0.3, 0.4) is 0 Å². The SMILES string of the molecule is OCOCC(F)C(F)(F)S. The van der Waals surface area contributed by atoms with Crippen molar-refractivity contribution in [2.24, 2.45) is 0 Å². The molecule has 0 aromatic carbocycles. The zero-order valence-electron chi connectivity index (χ0n) is 4.93. The second-order valence-electron chi connectivity index (χ2n) is 1.56. The summed E-state index contributed by atoms with van der Waals surface area (Å²) in [5.74, 6) is 0. The van der Waals surface area contributed by atoms with Gasteiger partial charge >= 0.3 is 5.25 Å². The lowest BCUT2D eigenvalue weighted by molar-refractivity contribution is -0.0706. The number of hydrogen-bond acceptors (Lipinski definition) is 3. The van der Waals surface area contributed by atoms with Gasteiger partial charge in [0.15, 0.2) is 6.17 Å². The largest absolute Gasteiger partial charge is 0.371 e. The Hall–Kier alpha value is 0.0600. The average molecular weight is 176 g/mol. The molecular weight excluding hydrogens is 169 g/mol. The van der Waals surface area contributed by atoms with Crippen molar-refractivity contribution in [3.8, 4) is 0 Å². The summed E-state index contributed by atoms with van der Waals surface area (Å²) in [6.45, 7) is -1.63. The van der Waals surface area contributed by atoms with Crippen LogP contribution < -0.4 is 0 Å². The fourth-order valence-corrected chi connectivity index (χ4v) is 0.331. The van der Waals surface area contributed by atoms with Gasteiger partial charge in [0.1, 0.15) is 6.79 Å². The molecule has 0 spiro atoms. The summed E-state index contributed by atoms with van der Waals surface area (Å²) in [6, 6.07) is 0. The molecule has 0 aliphatic heterocycles. The molecular formula is C4H7F3O2S. The molecule has 0 fully saturated rings. The lowest BCUT2D eigenvalue weighted by Crippen LogP contribution is -2.28. The van der Waals surface area contributed by atoms with Crippen LogP contribution in [-0.4, -0.2) is 29.9 Å². The average Bonchev–Trinajstić information content (AvgIpc) is 1.80. The summed E-state index contributed by atoms with van der Waals surface area (Å²) >= 11 is 2.65. The Bertz CT molecular complexity index is 95.0. The predicted molar refractivity (Wildman–Crippen MR) is 31.9 cm³/mol. The highest BCUT2D eigenvalue weighted by molar-refractivity contribution is 7.81. The van der Waals surface area contributed by atoms with Crippen molar-refractivity contribution in [3.05, 3.63) is 0 Å². The molecule has 0 bridgehead atoms. The molecule has 0 aliphatic carbocycles. The Morgan fingerprint density at radius 1 is 1.60 bits per heavy atom. The molecule has 0 amide bonds. The minimum absolute atomic E-state index is 0.774. The number of halogens is 3. The summed E-state index contributed by atoms with van der Waals surface area (Å²) in [5, 5.41) is 4.22. The van der Waals surface area contributed by atoms with Crippen LogP contribution in [0.4, 0.5) is 13.2 Å². The quantitative estimate of drug-likeness (QED) is 0.490. The standard InChI is InChI=1S/C4H7F3O2S/c5-3(1-9-2-8)4(6,7)10/h3,8,10H,1-2H2. The van der Waals surface area contributed by atoms with Crippen molar-refractivity contribution < 1.29 is 23.0 Å². The molecule has 6 heteroatoms. The van der Waals surface area contributed by atoms with E-state index in [1.54, 1.807) is 0 Å². The third-order valence-corrected chi connectivity index (χ3v) is 1.01. The molecule has 0 heterocycles. The summed E-state index contributed by atoms with van der Waals surface area (Å²) in [4.78, 5) is 0. The Morgan fingerprint density at radius 3 is 2.40 bits per heavy atom. The number of alkyl halides is 3. The molecule has 0 saturated carbocycles. The second-order valence-corrected chi connectivity index (χ2v) is 2.15.